The molecule has 4 aromatic rings. The maximum Gasteiger partial charge on any atom is 0.264 e. The Balaban J connectivity index is 1.68. The number of sulfonamides is 1. The highest BCUT2D eigenvalue weighted by Crippen LogP contribution is 2.30. The number of pyridine rings is 2. The molecule has 6 heteroatoms. The molecular formula is C26H25N3O2S. The molecule has 0 aliphatic rings. The number of anilines is 1. The number of hydrogen-bond acceptors (Lipinski definition) is 4. The average Bonchev–Trinajstić information content (AvgIpc) is 2.85. The summed E-state index contributed by atoms with van der Waals surface area (Å²) in [5.74, 6) is 0. The van der Waals surface area contributed by atoms with E-state index in [9.17, 15) is 8.42 Å². The first-order chi connectivity index (χ1) is 15.5. The number of benzene rings is 2. The van der Waals surface area contributed by atoms with Gasteiger partial charge >= 0.3 is 0 Å². The molecule has 0 bridgehead atoms. The van der Waals surface area contributed by atoms with Crippen LogP contribution in [0.4, 0.5) is 5.69 Å². The van der Waals surface area contributed by atoms with Gasteiger partial charge in [0.15, 0.2) is 0 Å². The van der Waals surface area contributed by atoms with Crippen LogP contribution in [-0.4, -0.2) is 24.4 Å². The van der Waals surface area contributed by atoms with Crippen LogP contribution in [0, 0.1) is 0 Å². The zero-order valence-corrected chi connectivity index (χ0v) is 18.9. The quantitative estimate of drug-likeness (QED) is 0.362. The van der Waals surface area contributed by atoms with Crippen molar-refractivity contribution in [2.75, 3.05) is 4.31 Å². The predicted molar refractivity (Wildman–Crippen MR) is 129 cm³/mol. The Labute approximate surface area is 189 Å². The Morgan fingerprint density at radius 2 is 1.25 bits per heavy atom. The van der Waals surface area contributed by atoms with E-state index in [2.05, 4.69) is 9.97 Å². The first kappa shape index (κ1) is 21.7. The average molecular weight is 444 g/mol. The molecule has 0 N–H and O–H groups in total. The number of aromatic nitrogens is 2. The second-order valence-corrected chi connectivity index (χ2v) is 9.43. The van der Waals surface area contributed by atoms with Crippen molar-refractivity contribution in [2.45, 2.75) is 31.2 Å². The molecule has 0 spiro atoms. The molecule has 162 valence electrons. The van der Waals surface area contributed by atoms with E-state index in [4.69, 9.17) is 0 Å². The van der Waals surface area contributed by atoms with Gasteiger partial charge in [0, 0.05) is 30.8 Å². The number of nitrogens with zero attached hydrogens (tertiary/aromatic N) is 3. The van der Waals surface area contributed by atoms with Crippen LogP contribution in [0.15, 0.2) is 102 Å². The maximum absolute atomic E-state index is 13.6. The fourth-order valence-corrected chi connectivity index (χ4v) is 5.33. The van der Waals surface area contributed by atoms with Crippen LogP contribution < -0.4 is 4.31 Å². The molecule has 0 amide bonds. The van der Waals surface area contributed by atoms with Crippen molar-refractivity contribution in [2.24, 2.45) is 0 Å². The van der Waals surface area contributed by atoms with Crippen LogP contribution in [0.25, 0.3) is 22.3 Å². The van der Waals surface area contributed by atoms with Crippen molar-refractivity contribution in [3.63, 3.8) is 0 Å². The molecule has 32 heavy (non-hydrogen) atoms. The summed E-state index contributed by atoms with van der Waals surface area (Å²) in [6.07, 6.45) is 7.69. The zero-order valence-electron chi connectivity index (χ0n) is 18.1. The van der Waals surface area contributed by atoms with Crippen LogP contribution >= 0.6 is 0 Å². The summed E-state index contributed by atoms with van der Waals surface area (Å²) in [7, 11) is -3.74. The van der Waals surface area contributed by atoms with Gasteiger partial charge in [-0.05, 0) is 72.0 Å². The molecule has 0 aliphatic carbocycles. The Morgan fingerprint density at radius 3 is 1.69 bits per heavy atom. The first-order valence-electron chi connectivity index (χ1n) is 10.6. The van der Waals surface area contributed by atoms with Crippen LogP contribution in [0.1, 0.15) is 20.3 Å². The number of hydrogen-bond donors (Lipinski definition) is 0. The van der Waals surface area contributed by atoms with Crippen molar-refractivity contribution in [1.29, 1.82) is 0 Å². The van der Waals surface area contributed by atoms with E-state index in [-0.39, 0.29) is 10.9 Å². The lowest BCUT2D eigenvalue weighted by atomic mass is 10.1. The molecule has 0 fully saturated rings. The minimum atomic E-state index is -3.74. The van der Waals surface area contributed by atoms with Gasteiger partial charge in [0.1, 0.15) is 0 Å². The Kier molecular flexibility index (Phi) is 6.32. The molecule has 1 unspecified atom stereocenters. The smallest absolute Gasteiger partial charge is 0.264 e. The summed E-state index contributed by atoms with van der Waals surface area (Å²) in [6, 6.07) is 22.0. The van der Waals surface area contributed by atoms with Gasteiger partial charge in [-0.25, -0.2) is 8.42 Å². The normalized spacial score (nSPS) is 12.3. The van der Waals surface area contributed by atoms with E-state index in [1.807, 2.05) is 74.5 Å². The van der Waals surface area contributed by atoms with Gasteiger partial charge < -0.3 is 0 Å². The van der Waals surface area contributed by atoms with E-state index < -0.39 is 10.0 Å². The molecule has 1 atom stereocenters. The second-order valence-electron chi connectivity index (χ2n) is 7.61. The fourth-order valence-electron chi connectivity index (χ4n) is 3.60. The fraction of sp³-hybridized carbons (Fsp3) is 0.154. The largest absolute Gasteiger partial charge is 0.264 e. The van der Waals surface area contributed by atoms with Crippen LogP contribution in [0.3, 0.4) is 0 Å². The summed E-state index contributed by atoms with van der Waals surface area (Å²) in [5, 5.41) is 0. The monoisotopic (exact) mass is 443 g/mol. The highest BCUT2D eigenvalue weighted by Gasteiger charge is 2.28. The maximum atomic E-state index is 13.6. The minimum Gasteiger partial charge on any atom is -0.264 e. The molecule has 0 saturated carbocycles. The Morgan fingerprint density at radius 1 is 0.750 bits per heavy atom. The van der Waals surface area contributed by atoms with Crippen molar-refractivity contribution in [3.8, 4) is 22.3 Å². The molecule has 5 nitrogen and oxygen atoms in total. The standard InChI is InChI=1S/C26H25N3O2S/c1-3-20(2)29(25-12-8-21(9-13-25)23-6-4-16-27-18-23)32(30,31)26-14-10-22(11-15-26)24-7-5-17-28-19-24/h4-20H,3H2,1-2H3. The lowest BCUT2D eigenvalue weighted by Crippen LogP contribution is -2.38. The zero-order chi connectivity index (χ0) is 22.6. The van der Waals surface area contributed by atoms with Gasteiger partial charge in [-0.15, -0.1) is 0 Å². The molecule has 2 aromatic carbocycles. The predicted octanol–water partition coefficient (Wildman–Crippen LogP) is 5.80. The van der Waals surface area contributed by atoms with Gasteiger partial charge in [-0.2, -0.15) is 0 Å². The molecule has 0 aliphatic heterocycles. The van der Waals surface area contributed by atoms with Gasteiger partial charge in [-0.1, -0.05) is 43.3 Å². The summed E-state index contributed by atoms with van der Waals surface area (Å²) in [6.45, 7) is 3.92. The first-order valence-corrected chi connectivity index (χ1v) is 12.0. The Hall–Kier alpha value is -3.51. The van der Waals surface area contributed by atoms with Crippen LogP contribution in [-0.2, 0) is 10.0 Å². The van der Waals surface area contributed by atoms with Gasteiger partial charge in [-0.3, -0.25) is 14.3 Å². The highest BCUT2D eigenvalue weighted by molar-refractivity contribution is 7.92. The molecule has 0 saturated heterocycles. The van der Waals surface area contributed by atoms with Crippen molar-refractivity contribution < 1.29 is 8.42 Å². The highest BCUT2D eigenvalue weighted by atomic mass is 32.2. The van der Waals surface area contributed by atoms with Crippen molar-refractivity contribution >= 4 is 15.7 Å². The number of rotatable bonds is 7. The SMILES string of the molecule is CCC(C)N(c1ccc(-c2cccnc2)cc1)S(=O)(=O)c1ccc(-c2cccnc2)cc1. The molecule has 4 rings (SSSR count). The Bertz CT molecular complexity index is 1260. The van der Waals surface area contributed by atoms with E-state index in [1.165, 1.54) is 4.31 Å². The summed E-state index contributed by atoms with van der Waals surface area (Å²) in [4.78, 5) is 8.56. The van der Waals surface area contributed by atoms with Gasteiger partial charge in [0.2, 0.25) is 0 Å². The second kappa shape index (κ2) is 9.32. The van der Waals surface area contributed by atoms with Gasteiger partial charge in [0.25, 0.3) is 10.0 Å². The topological polar surface area (TPSA) is 63.2 Å². The molecule has 2 aromatic heterocycles. The van der Waals surface area contributed by atoms with Crippen molar-refractivity contribution in [3.05, 3.63) is 97.6 Å². The lowest BCUT2D eigenvalue weighted by Gasteiger charge is -2.30. The minimum absolute atomic E-state index is 0.192. The lowest BCUT2D eigenvalue weighted by molar-refractivity contribution is 0.577. The molecular weight excluding hydrogens is 418 g/mol. The summed E-state index contributed by atoms with van der Waals surface area (Å²) < 4.78 is 28.8. The van der Waals surface area contributed by atoms with E-state index in [0.29, 0.717) is 12.1 Å². The van der Waals surface area contributed by atoms with Crippen LogP contribution in [0.5, 0.6) is 0 Å². The van der Waals surface area contributed by atoms with E-state index in [1.54, 1.807) is 36.9 Å². The van der Waals surface area contributed by atoms with E-state index >= 15 is 0 Å². The molecule has 2 heterocycles. The van der Waals surface area contributed by atoms with Crippen LogP contribution in [0.2, 0.25) is 0 Å². The third kappa shape index (κ3) is 4.41. The summed E-state index contributed by atoms with van der Waals surface area (Å²) >= 11 is 0. The van der Waals surface area contributed by atoms with Gasteiger partial charge in [0.05, 0.1) is 10.6 Å². The van der Waals surface area contributed by atoms with Crippen molar-refractivity contribution in [1.82, 2.24) is 9.97 Å². The van der Waals surface area contributed by atoms with E-state index in [0.717, 1.165) is 22.3 Å². The summed E-state index contributed by atoms with van der Waals surface area (Å²) in [5.41, 5.74) is 4.49. The molecule has 0 radical (unpaired) electrons. The third-order valence-electron chi connectivity index (χ3n) is 5.51. The third-order valence-corrected chi connectivity index (χ3v) is 7.47.